The molecule has 0 spiro atoms. The molecule has 1 rings (SSSR count). The Kier molecular flexibility index (Phi) is 2.47. The van der Waals surface area contributed by atoms with Crippen molar-refractivity contribution in [2.45, 2.75) is 18.7 Å². The highest BCUT2D eigenvalue weighted by Gasteiger charge is 2.13. The van der Waals surface area contributed by atoms with Gasteiger partial charge in [0.15, 0.2) is 9.84 Å². The van der Waals surface area contributed by atoms with E-state index < -0.39 is 9.84 Å². The van der Waals surface area contributed by atoms with Gasteiger partial charge in [-0.05, 0) is 19.1 Å². The van der Waals surface area contributed by atoms with Gasteiger partial charge in [0.2, 0.25) is 0 Å². The molecule has 0 unspecified atom stereocenters. The van der Waals surface area contributed by atoms with E-state index in [2.05, 4.69) is 4.98 Å². The molecule has 66 valence electrons. The molecule has 3 nitrogen and oxygen atoms in total. The largest absolute Gasteiger partial charge is 0.260 e. The molecule has 0 bridgehead atoms. The maximum atomic E-state index is 11.4. The molecule has 0 amide bonds. The van der Waals surface area contributed by atoms with Gasteiger partial charge < -0.3 is 0 Å². The number of rotatable bonds is 2. The van der Waals surface area contributed by atoms with Crippen molar-refractivity contribution in [1.29, 1.82) is 0 Å². The van der Waals surface area contributed by atoms with Crippen LogP contribution >= 0.6 is 0 Å². The van der Waals surface area contributed by atoms with E-state index >= 15 is 0 Å². The van der Waals surface area contributed by atoms with E-state index in [1.165, 1.54) is 0 Å². The highest BCUT2D eigenvalue weighted by Crippen LogP contribution is 2.12. The van der Waals surface area contributed by atoms with Gasteiger partial charge in [-0.2, -0.15) is 0 Å². The quantitative estimate of drug-likeness (QED) is 0.695. The predicted molar refractivity (Wildman–Crippen MR) is 46.7 cm³/mol. The lowest BCUT2D eigenvalue weighted by molar-refractivity contribution is 0.596. The topological polar surface area (TPSA) is 47.0 Å². The van der Waals surface area contributed by atoms with Crippen molar-refractivity contribution < 1.29 is 8.42 Å². The highest BCUT2D eigenvalue weighted by molar-refractivity contribution is 7.91. The average molecular weight is 185 g/mol. The van der Waals surface area contributed by atoms with E-state index in [9.17, 15) is 8.42 Å². The second-order valence-electron chi connectivity index (χ2n) is 2.49. The molecule has 0 atom stereocenters. The number of pyridine rings is 1. The maximum absolute atomic E-state index is 11.4. The minimum absolute atomic E-state index is 0.125. The Morgan fingerprint density at radius 3 is 2.67 bits per heavy atom. The number of sulfone groups is 1. The third-order valence-corrected chi connectivity index (χ3v) is 3.54. The van der Waals surface area contributed by atoms with Gasteiger partial charge in [0.1, 0.15) is 0 Å². The fourth-order valence-corrected chi connectivity index (χ4v) is 2.05. The number of nitrogens with zero attached hydrogens (tertiary/aromatic N) is 1. The summed E-state index contributed by atoms with van der Waals surface area (Å²) in [5, 5.41) is 0. The minimum atomic E-state index is -3.09. The van der Waals surface area contributed by atoms with Gasteiger partial charge >= 0.3 is 0 Å². The van der Waals surface area contributed by atoms with Crippen molar-refractivity contribution in [1.82, 2.24) is 4.98 Å². The van der Waals surface area contributed by atoms with Crippen LogP contribution in [0.3, 0.4) is 0 Å². The standard InChI is InChI=1S/C8H11NO2S/c1-3-12(10,11)8-5-4-6-9-7(8)2/h4-6H,3H2,1-2H3. The second-order valence-corrected chi connectivity index (χ2v) is 4.74. The molecule has 1 aromatic rings. The van der Waals surface area contributed by atoms with E-state index in [1.807, 2.05) is 0 Å². The van der Waals surface area contributed by atoms with Gasteiger partial charge in [0.25, 0.3) is 0 Å². The summed E-state index contributed by atoms with van der Waals surface area (Å²) in [6.45, 7) is 3.32. The zero-order valence-electron chi connectivity index (χ0n) is 7.11. The first kappa shape index (κ1) is 9.19. The van der Waals surface area contributed by atoms with Crippen LogP contribution in [0, 0.1) is 6.92 Å². The summed E-state index contributed by atoms with van der Waals surface area (Å²) in [5.74, 6) is 0.125. The van der Waals surface area contributed by atoms with Crippen LogP contribution in [0.2, 0.25) is 0 Å². The van der Waals surface area contributed by atoms with E-state index in [1.54, 1.807) is 32.2 Å². The Balaban J connectivity index is 3.30. The lowest BCUT2D eigenvalue weighted by Crippen LogP contribution is -2.06. The lowest BCUT2D eigenvalue weighted by atomic mass is 10.4. The molecule has 0 saturated carbocycles. The van der Waals surface area contributed by atoms with E-state index in [0.717, 1.165) is 0 Å². The Morgan fingerprint density at radius 1 is 1.50 bits per heavy atom. The summed E-state index contributed by atoms with van der Waals surface area (Å²) in [7, 11) is -3.09. The van der Waals surface area contributed by atoms with Crippen LogP contribution in [-0.2, 0) is 9.84 Å². The summed E-state index contributed by atoms with van der Waals surface area (Å²) in [4.78, 5) is 4.25. The summed E-state index contributed by atoms with van der Waals surface area (Å²) in [6, 6.07) is 3.22. The van der Waals surface area contributed by atoms with Gasteiger partial charge in [0.05, 0.1) is 16.3 Å². The Bertz CT molecular complexity index is 370. The first-order valence-electron chi connectivity index (χ1n) is 3.72. The van der Waals surface area contributed by atoms with Gasteiger partial charge in [-0.1, -0.05) is 6.92 Å². The zero-order chi connectivity index (χ0) is 9.19. The molecule has 0 aromatic carbocycles. The van der Waals surface area contributed by atoms with Crippen molar-refractivity contribution in [2.24, 2.45) is 0 Å². The molecule has 1 heterocycles. The van der Waals surface area contributed by atoms with Crippen LogP contribution in [0.1, 0.15) is 12.6 Å². The van der Waals surface area contributed by atoms with E-state index in [4.69, 9.17) is 0 Å². The molecule has 0 saturated heterocycles. The fraction of sp³-hybridized carbons (Fsp3) is 0.375. The zero-order valence-corrected chi connectivity index (χ0v) is 7.93. The van der Waals surface area contributed by atoms with Crippen LogP contribution in [-0.4, -0.2) is 19.2 Å². The number of aryl methyl sites for hydroxylation is 1. The molecule has 0 aliphatic heterocycles. The second kappa shape index (κ2) is 3.23. The normalized spacial score (nSPS) is 11.5. The monoisotopic (exact) mass is 185 g/mol. The van der Waals surface area contributed by atoms with Crippen LogP contribution in [0.15, 0.2) is 23.2 Å². The van der Waals surface area contributed by atoms with Crippen LogP contribution in [0.25, 0.3) is 0 Å². The number of hydrogen-bond acceptors (Lipinski definition) is 3. The van der Waals surface area contributed by atoms with E-state index in [0.29, 0.717) is 10.6 Å². The molecule has 0 aliphatic carbocycles. The maximum Gasteiger partial charge on any atom is 0.179 e. The Labute approximate surface area is 72.4 Å². The van der Waals surface area contributed by atoms with Crippen molar-refractivity contribution in [3.05, 3.63) is 24.0 Å². The molecule has 1 aromatic heterocycles. The van der Waals surface area contributed by atoms with Crippen molar-refractivity contribution >= 4 is 9.84 Å². The lowest BCUT2D eigenvalue weighted by Gasteiger charge is -2.02. The summed E-state index contributed by atoms with van der Waals surface area (Å²) >= 11 is 0. The molecular weight excluding hydrogens is 174 g/mol. The number of hydrogen-bond donors (Lipinski definition) is 0. The van der Waals surface area contributed by atoms with Crippen LogP contribution in [0.4, 0.5) is 0 Å². The first-order valence-corrected chi connectivity index (χ1v) is 5.37. The highest BCUT2D eigenvalue weighted by atomic mass is 32.2. The van der Waals surface area contributed by atoms with Crippen LogP contribution < -0.4 is 0 Å². The fourth-order valence-electron chi connectivity index (χ4n) is 0.954. The molecule has 0 radical (unpaired) electrons. The molecule has 4 heteroatoms. The average Bonchev–Trinajstić information content (AvgIpc) is 2.05. The van der Waals surface area contributed by atoms with Crippen molar-refractivity contribution in [3.63, 3.8) is 0 Å². The van der Waals surface area contributed by atoms with Crippen molar-refractivity contribution in [2.75, 3.05) is 5.75 Å². The summed E-state index contributed by atoms with van der Waals surface area (Å²) in [5.41, 5.74) is 0.569. The number of aromatic nitrogens is 1. The minimum Gasteiger partial charge on any atom is -0.260 e. The van der Waals surface area contributed by atoms with E-state index in [-0.39, 0.29) is 5.75 Å². The van der Waals surface area contributed by atoms with Crippen molar-refractivity contribution in [3.8, 4) is 0 Å². The molecular formula is C8H11NO2S. The van der Waals surface area contributed by atoms with Gasteiger partial charge in [-0.15, -0.1) is 0 Å². The molecule has 0 aliphatic rings. The predicted octanol–water partition coefficient (Wildman–Crippen LogP) is 1.18. The molecule has 0 fully saturated rings. The van der Waals surface area contributed by atoms with Crippen LogP contribution in [0.5, 0.6) is 0 Å². The molecule has 0 N–H and O–H groups in total. The Hall–Kier alpha value is -0.900. The summed E-state index contributed by atoms with van der Waals surface area (Å²) < 4.78 is 22.8. The SMILES string of the molecule is CCS(=O)(=O)c1cccnc1C. The Morgan fingerprint density at radius 2 is 2.17 bits per heavy atom. The smallest absolute Gasteiger partial charge is 0.179 e. The van der Waals surface area contributed by atoms with Gasteiger partial charge in [0, 0.05) is 6.20 Å². The molecule has 12 heavy (non-hydrogen) atoms. The van der Waals surface area contributed by atoms with Gasteiger partial charge in [-0.25, -0.2) is 8.42 Å². The first-order chi connectivity index (χ1) is 5.58. The third kappa shape index (κ3) is 1.64. The third-order valence-electron chi connectivity index (χ3n) is 1.67. The summed E-state index contributed by atoms with van der Waals surface area (Å²) in [6.07, 6.45) is 1.59. The van der Waals surface area contributed by atoms with Gasteiger partial charge in [-0.3, -0.25) is 4.98 Å².